The number of phenolic OH excluding ortho intramolecular Hbond substituents is 1. The molecular formula is C13H10N4O7. The quantitative estimate of drug-likeness (QED) is 0.478. The fourth-order valence-corrected chi connectivity index (χ4v) is 2.00. The predicted molar refractivity (Wildman–Crippen MR) is 82.5 cm³/mol. The summed E-state index contributed by atoms with van der Waals surface area (Å²) in [5, 5.41) is 45.4. The lowest BCUT2D eigenvalue weighted by atomic mass is 10.1. The van der Waals surface area contributed by atoms with Crippen molar-refractivity contribution in [3.63, 3.8) is 0 Å². The summed E-state index contributed by atoms with van der Waals surface area (Å²) in [6.45, 7) is 1.68. The van der Waals surface area contributed by atoms with Crippen LogP contribution in [0, 0.1) is 37.3 Å². The number of nitrogens with zero attached hydrogens (tertiary/aromatic N) is 3. The Morgan fingerprint density at radius 2 is 1.46 bits per heavy atom. The number of nitrogens with one attached hydrogen (secondary N) is 1. The van der Waals surface area contributed by atoms with Crippen molar-refractivity contribution in [2.24, 2.45) is 0 Å². The Labute approximate surface area is 133 Å². The highest BCUT2D eigenvalue weighted by Crippen LogP contribution is 2.41. The van der Waals surface area contributed by atoms with Crippen molar-refractivity contribution < 1.29 is 19.9 Å². The van der Waals surface area contributed by atoms with Crippen molar-refractivity contribution in [3.8, 4) is 5.75 Å². The van der Waals surface area contributed by atoms with Crippen LogP contribution in [0.4, 0.5) is 28.4 Å². The lowest BCUT2D eigenvalue weighted by molar-refractivity contribution is -0.401. The molecule has 0 heterocycles. The Morgan fingerprint density at radius 1 is 0.917 bits per heavy atom. The van der Waals surface area contributed by atoms with Crippen LogP contribution in [0.2, 0.25) is 0 Å². The number of rotatable bonds is 5. The lowest BCUT2D eigenvalue weighted by Crippen LogP contribution is -2.03. The van der Waals surface area contributed by atoms with Crippen molar-refractivity contribution in [1.29, 1.82) is 0 Å². The summed E-state index contributed by atoms with van der Waals surface area (Å²) in [5.74, 6) is -0.289. The highest BCUT2D eigenvalue weighted by atomic mass is 16.6. The molecule has 0 aliphatic carbocycles. The summed E-state index contributed by atoms with van der Waals surface area (Å²) in [6, 6.07) is 5.52. The van der Waals surface area contributed by atoms with Gasteiger partial charge in [0.05, 0.1) is 32.6 Å². The second-order valence-electron chi connectivity index (χ2n) is 4.78. The first-order valence-electron chi connectivity index (χ1n) is 6.38. The van der Waals surface area contributed by atoms with E-state index in [0.717, 1.165) is 0 Å². The molecule has 0 aliphatic heterocycles. The molecule has 11 nitrogen and oxygen atoms in total. The molecule has 0 aromatic heterocycles. The zero-order valence-corrected chi connectivity index (χ0v) is 12.1. The Kier molecular flexibility index (Phi) is 4.26. The third-order valence-corrected chi connectivity index (χ3v) is 3.10. The van der Waals surface area contributed by atoms with E-state index in [1.54, 1.807) is 13.0 Å². The van der Waals surface area contributed by atoms with Crippen LogP contribution < -0.4 is 5.32 Å². The number of anilines is 2. The third-order valence-electron chi connectivity index (χ3n) is 3.10. The van der Waals surface area contributed by atoms with Gasteiger partial charge in [-0.2, -0.15) is 0 Å². The molecule has 0 fully saturated rings. The van der Waals surface area contributed by atoms with Gasteiger partial charge in [-0.15, -0.1) is 0 Å². The summed E-state index contributed by atoms with van der Waals surface area (Å²) < 4.78 is 0. The van der Waals surface area contributed by atoms with E-state index in [1.807, 2.05) is 0 Å². The summed E-state index contributed by atoms with van der Waals surface area (Å²) in [5.41, 5.74) is -2.37. The first-order valence-corrected chi connectivity index (χ1v) is 6.38. The van der Waals surface area contributed by atoms with Gasteiger partial charge in [-0.05, 0) is 24.6 Å². The fraction of sp³-hybridized carbons (Fsp3) is 0.0769. The molecule has 2 N–H and O–H groups in total. The van der Waals surface area contributed by atoms with Crippen LogP contribution in [0.3, 0.4) is 0 Å². The van der Waals surface area contributed by atoms with Crippen LogP contribution in [0.5, 0.6) is 5.75 Å². The van der Waals surface area contributed by atoms with Gasteiger partial charge in [0.15, 0.2) is 5.69 Å². The Morgan fingerprint density at radius 3 is 1.92 bits per heavy atom. The molecule has 0 radical (unpaired) electrons. The van der Waals surface area contributed by atoms with Gasteiger partial charge in [-0.25, -0.2) is 0 Å². The van der Waals surface area contributed by atoms with Gasteiger partial charge in [0, 0.05) is 0 Å². The maximum absolute atomic E-state index is 11.2. The minimum Gasteiger partial charge on any atom is -0.506 e. The van der Waals surface area contributed by atoms with Crippen LogP contribution >= 0.6 is 0 Å². The summed E-state index contributed by atoms with van der Waals surface area (Å²) >= 11 is 0. The van der Waals surface area contributed by atoms with E-state index in [-0.39, 0.29) is 11.4 Å². The molecule has 0 spiro atoms. The van der Waals surface area contributed by atoms with Crippen molar-refractivity contribution in [3.05, 3.63) is 66.2 Å². The van der Waals surface area contributed by atoms with Crippen LogP contribution in [-0.2, 0) is 0 Å². The second-order valence-corrected chi connectivity index (χ2v) is 4.78. The molecule has 0 saturated carbocycles. The van der Waals surface area contributed by atoms with E-state index < -0.39 is 37.5 Å². The van der Waals surface area contributed by atoms with Gasteiger partial charge in [0.25, 0.3) is 5.69 Å². The minimum absolute atomic E-state index is 0.00458. The van der Waals surface area contributed by atoms with E-state index in [0.29, 0.717) is 17.7 Å². The Bertz CT molecular complexity index is 830. The smallest absolute Gasteiger partial charge is 0.306 e. The number of phenols is 1. The van der Waals surface area contributed by atoms with E-state index in [9.17, 15) is 35.4 Å². The molecule has 2 aromatic rings. The lowest BCUT2D eigenvalue weighted by Gasteiger charge is -2.10. The van der Waals surface area contributed by atoms with Crippen LogP contribution in [-0.4, -0.2) is 19.9 Å². The average Bonchev–Trinajstić information content (AvgIpc) is 2.50. The topological polar surface area (TPSA) is 162 Å². The van der Waals surface area contributed by atoms with Crippen molar-refractivity contribution in [1.82, 2.24) is 0 Å². The van der Waals surface area contributed by atoms with E-state index in [2.05, 4.69) is 5.32 Å². The van der Waals surface area contributed by atoms with Crippen molar-refractivity contribution >= 4 is 28.4 Å². The van der Waals surface area contributed by atoms with E-state index in [1.165, 1.54) is 12.1 Å². The number of hydrogen-bond donors (Lipinski definition) is 2. The van der Waals surface area contributed by atoms with Gasteiger partial charge in [-0.3, -0.25) is 30.3 Å². The zero-order chi connectivity index (χ0) is 18.0. The number of aryl methyl sites for hydroxylation is 1. The number of benzene rings is 2. The molecule has 11 heteroatoms. The summed E-state index contributed by atoms with van der Waals surface area (Å²) in [7, 11) is 0. The average molecular weight is 334 g/mol. The molecule has 0 bridgehead atoms. The largest absolute Gasteiger partial charge is 0.506 e. The van der Waals surface area contributed by atoms with E-state index in [4.69, 9.17) is 0 Å². The first kappa shape index (κ1) is 16.6. The van der Waals surface area contributed by atoms with Gasteiger partial charge >= 0.3 is 11.4 Å². The van der Waals surface area contributed by atoms with Gasteiger partial charge in [-0.1, -0.05) is 6.07 Å². The number of hydrogen-bond acceptors (Lipinski definition) is 8. The third kappa shape index (κ3) is 3.19. The SMILES string of the molecule is Cc1ccc(O)c(Nc2c([N+](=O)[O-])cc([N+](=O)[O-])cc2[N+](=O)[O-])c1. The standard InChI is InChI=1S/C13H10N4O7/c1-7-2-3-12(18)9(4-7)14-13-10(16(21)22)5-8(15(19)20)6-11(13)17(23)24/h2-6,14,18H,1H3. The monoisotopic (exact) mass is 334 g/mol. The summed E-state index contributed by atoms with van der Waals surface area (Å²) in [4.78, 5) is 30.2. The zero-order valence-electron chi connectivity index (χ0n) is 12.1. The van der Waals surface area contributed by atoms with E-state index >= 15 is 0 Å². The molecule has 0 atom stereocenters. The minimum atomic E-state index is -0.977. The summed E-state index contributed by atoms with van der Waals surface area (Å²) in [6.07, 6.45) is 0. The molecule has 124 valence electrons. The maximum Gasteiger partial charge on any atom is 0.306 e. The van der Waals surface area contributed by atoms with Crippen LogP contribution in [0.25, 0.3) is 0 Å². The van der Waals surface area contributed by atoms with Gasteiger partial charge < -0.3 is 10.4 Å². The van der Waals surface area contributed by atoms with Gasteiger partial charge in [0.2, 0.25) is 0 Å². The fourth-order valence-electron chi connectivity index (χ4n) is 2.00. The van der Waals surface area contributed by atoms with Crippen molar-refractivity contribution in [2.45, 2.75) is 6.92 Å². The Balaban J connectivity index is 2.70. The molecule has 0 aliphatic rings. The molecule has 24 heavy (non-hydrogen) atoms. The number of aromatic hydroxyl groups is 1. The van der Waals surface area contributed by atoms with Crippen molar-refractivity contribution in [2.75, 3.05) is 5.32 Å². The van der Waals surface area contributed by atoms with Crippen LogP contribution in [0.15, 0.2) is 30.3 Å². The molecule has 0 saturated heterocycles. The molecule has 2 aromatic carbocycles. The number of nitro groups is 3. The molecule has 0 amide bonds. The second kappa shape index (κ2) is 6.16. The normalized spacial score (nSPS) is 10.2. The molecule has 2 rings (SSSR count). The van der Waals surface area contributed by atoms with Gasteiger partial charge in [0.1, 0.15) is 5.75 Å². The first-order chi connectivity index (χ1) is 11.2. The maximum atomic E-state index is 11.2. The predicted octanol–water partition coefficient (Wildman–Crippen LogP) is 3.17. The van der Waals surface area contributed by atoms with Crippen LogP contribution in [0.1, 0.15) is 5.56 Å². The molecule has 0 unspecified atom stereocenters. The number of non-ortho nitro benzene ring substituents is 1. The highest BCUT2D eigenvalue weighted by molar-refractivity contribution is 5.82. The highest BCUT2D eigenvalue weighted by Gasteiger charge is 2.31. The molecular weight excluding hydrogens is 324 g/mol. The number of nitro benzene ring substituents is 3. The Hall–Kier alpha value is -3.76.